The third-order valence-electron chi connectivity index (χ3n) is 4.26. The van der Waals surface area contributed by atoms with E-state index in [9.17, 15) is 9.59 Å². The van der Waals surface area contributed by atoms with Crippen molar-refractivity contribution >= 4 is 27.7 Å². The van der Waals surface area contributed by atoms with Crippen molar-refractivity contribution < 1.29 is 9.59 Å². The van der Waals surface area contributed by atoms with Gasteiger partial charge in [-0.25, -0.2) is 0 Å². The molecule has 0 saturated heterocycles. The van der Waals surface area contributed by atoms with Crippen LogP contribution < -0.4 is 10.9 Å². The molecule has 0 bridgehead atoms. The molecule has 0 spiro atoms. The molecule has 2 N–H and O–H groups in total. The fourth-order valence-corrected chi connectivity index (χ4v) is 3.55. The van der Waals surface area contributed by atoms with Gasteiger partial charge in [-0.15, -0.1) is 0 Å². The first-order chi connectivity index (χ1) is 10.6. The number of rotatable bonds is 5. The van der Waals surface area contributed by atoms with Gasteiger partial charge in [0, 0.05) is 24.1 Å². The van der Waals surface area contributed by atoms with Crippen molar-refractivity contribution in [1.82, 2.24) is 15.4 Å². The minimum atomic E-state index is -0.311. The zero-order chi connectivity index (χ0) is 15.9. The number of hydrazine groups is 1. The molecule has 5 nitrogen and oxygen atoms in total. The second-order valence-electron chi connectivity index (χ2n) is 6.05. The summed E-state index contributed by atoms with van der Waals surface area (Å²) in [5.74, 6) is 0.350. The third kappa shape index (κ3) is 5.16. The molecule has 1 aromatic rings. The van der Waals surface area contributed by atoms with E-state index >= 15 is 0 Å². The lowest BCUT2D eigenvalue weighted by Crippen LogP contribution is -2.42. The molecule has 0 atom stereocenters. The van der Waals surface area contributed by atoms with Crippen LogP contribution in [0.1, 0.15) is 61.9 Å². The Kier molecular flexibility index (Phi) is 6.49. The van der Waals surface area contributed by atoms with Crippen LogP contribution >= 0.6 is 15.9 Å². The molecule has 22 heavy (non-hydrogen) atoms. The van der Waals surface area contributed by atoms with Crippen LogP contribution in [0.4, 0.5) is 0 Å². The summed E-state index contributed by atoms with van der Waals surface area (Å²) in [5.41, 5.74) is 5.44. The minimum Gasteiger partial charge on any atom is -0.345 e. The summed E-state index contributed by atoms with van der Waals surface area (Å²) in [6.07, 6.45) is 10.9. The van der Waals surface area contributed by atoms with Crippen molar-refractivity contribution in [2.45, 2.75) is 51.4 Å². The fraction of sp³-hybridized carbons (Fsp3) is 0.625. The van der Waals surface area contributed by atoms with E-state index in [0.717, 1.165) is 23.2 Å². The number of hydrogen-bond acceptors (Lipinski definition) is 2. The molecule has 2 rings (SSSR count). The quantitative estimate of drug-likeness (QED) is 0.782. The summed E-state index contributed by atoms with van der Waals surface area (Å²) in [7, 11) is 1.78. The number of nitrogens with one attached hydrogen (secondary N) is 2. The zero-order valence-corrected chi connectivity index (χ0v) is 14.6. The van der Waals surface area contributed by atoms with Gasteiger partial charge in [0.15, 0.2) is 0 Å². The van der Waals surface area contributed by atoms with Gasteiger partial charge in [0.25, 0.3) is 5.91 Å². The van der Waals surface area contributed by atoms with Crippen LogP contribution in [-0.4, -0.2) is 16.4 Å². The van der Waals surface area contributed by atoms with Crippen LogP contribution in [0.15, 0.2) is 16.7 Å². The summed E-state index contributed by atoms with van der Waals surface area (Å²) in [4.78, 5) is 23.7. The third-order valence-corrected chi connectivity index (χ3v) is 4.69. The molecule has 0 radical (unpaired) electrons. The molecule has 1 fully saturated rings. The lowest BCUT2D eigenvalue weighted by Gasteiger charge is -2.21. The highest BCUT2D eigenvalue weighted by molar-refractivity contribution is 9.10. The number of hydrogen-bond donors (Lipinski definition) is 2. The summed E-state index contributed by atoms with van der Waals surface area (Å²) < 4.78 is 2.54. The number of nitrogens with zero attached hydrogens (tertiary/aromatic N) is 1. The van der Waals surface area contributed by atoms with E-state index in [1.165, 1.54) is 32.1 Å². The number of amides is 2. The molecule has 122 valence electrons. The standard InChI is InChI=1S/C16H24BrN3O2/c1-20-11-13(17)10-14(20)16(22)19-18-15(21)9-5-8-12-6-3-2-4-7-12/h10-12H,2-9H2,1H3,(H,18,21)(H,19,22). The Morgan fingerprint density at radius 2 is 2.00 bits per heavy atom. The predicted molar refractivity (Wildman–Crippen MR) is 89.1 cm³/mol. The van der Waals surface area contributed by atoms with E-state index in [2.05, 4.69) is 26.8 Å². The molecule has 1 aromatic heterocycles. The van der Waals surface area contributed by atoms with Crippen molar-refractivity contribution in [3.8, 4) is 0 Å². The molecular formula is C16H24BrN3O2. The van der Waals surface area contributed by atoms with Crippen molar-refractivity contribution in [3.05, 3.63) is 22.4 Å². The topological polar surface area (TPSA) is 63.1 Å². The number of carbonyl (C=O) groups is 2. The van der Waals surface area contributed by atoms with E-state index in [0.29, 0.717) is 12.1 Å². The Hall–Kier alpha value is -1.30. The average molecular weight is 370 g/mol. The van der Waals surface area contributed by atoms with Gasteiger partial charge in [-0.3, -0.25) is 20.4 Å². The maximum atomic E-state index is 11.9. The fourth-order valence-electron chi connectivity index (χ4n) is 3.03. The summed E-state index contributed by atoms with van der Waals surface area (Å²) in [6, 6.07) is 1.71. The largest absolute Gasteiger partial charge is 0.345 e. The highest BCUT2D eigenvalue weighted by Crippen LogP contribution is 2.27. The Bertz CT molecular complexity index is 521. The van der Waals surface area contributed by atoms with Gasteiger partial charge in [-0.05, 0) is 40.8 Å². The number of halogens is 1. The Morgan fingerprint density at radius 3 is 2.64 bits per heavy atom. The normalized spacial score (nSPS) is 15.5. The Morgan fingerprint density at radius 1 is 1.27 bits per heavy atom. The molecule has 6 heteroatoms. The van der Waals surface area contributed by atoms with Crippen LogP contribution in [0.25, 0.3) is 0 Å². The molecule has 0 aromatic carbocycles. The van der Waals surface area contributed by atoms with Gasteiger partial charge < -0.3 is 4.57 Å². The van der Waals surface area contributed by atoms with Crippen LogP contribution in [0.3, 0.4) is 0 Å². The van der Waals surface area contributed by atoms with Gasteiger partial charge in [0.1, 0.15) is 5.69 Å². The van der Waals surface area contributed by atoms with E-state index in [1.54, 1.807) is 23.9 Å². The maximum Gasteiger partial charge on any atom is 0.286 e. The molecule has 1 aliphatic carbocycles. The van der Waals surface area contributed by atoms with E-state index in [1.807, 2.05) is 0 Å². The number of aromatic nitrogens is 1. The summed E-state index contributed by atoms with van der Waals surface area (Å²) >= 11 is 3.32. The van der Waals surface area contributed by atoms with E-state index < -0.39 is 0 Å². The minimum absolute atomic E-state index is 0.127. The maximum absolute atomic E-state index is 11.9. The Labute approximate surface area is 139 Å². The molecule has 2 amide bonds. The second kappa shape index (κ2) is 8.36. The lowest BCUT2D eigenvalue weighted by atomic mass is 9.86. The van der Waals surface area contributed by atoms with Crippen LogP contribution in [-0.2, 0) is 11.8 Å². The Balaban J connectivity index is 1.64. The number of aryl methyl sites for hydroxylation is 1. The smallest absolute Gasteiger partial charge is 0.286 e. The highest BCUT2D eigenvalue weighted by Gasteiger charge is 2.14. The van der Waals surface area contributed by atoms with Gasteiger partial charge in [0.05, 0.1) is 0 Å². The van der Waals surface area contributed by atoms with Gasteiger partial charge >= 0.3 is 0 Å². The van der Waals surface area contributed by atoms with Crippen LogP contribution in [0.5, 0.6) is 0 Å². The zero-order valence-electron chi connectivity index (χ0n) is 13.0. The monoisotopic (exact) mass is 369 g/mol. The summed E-state index contributed by atoms with van der Waals surface area (Å²) in [5, 5.41) is 0. The molecule has 1 heterocycles. The van der Waals surface area contributed by atoms with Crippen molar-refractivity contribution in [2.24, 2.45) is 13.0 Å². The molecule has 0 unspecified atom stereocenters. The first-order valence-corrected chi connectivity index (χ1v) is 8.76. The van der Waals surface area contributed by atoms with Crippen molar-refractivity contribution in [1.29, 1.82) is 0 Å². The highest BCUT2D eigenvalue weighted by atomic mass is 79.9. The van der Waals surface area contributed by atoms with Gasteiger partial charge in [-0.2, -0.15) is 0 Å². The number of carbonyl (C=O) groups excluding carboxylic acids is 2. The molecule has 1 saturated carbocycles. The van der Waals surface area contributed by atoms with Crippen LogP contribution in [0, 0.1) is 5.92 Å². The van der Waals surface area contributed by atoms with Crippen LogP contribution in [0.2, 0.25) is 0 Å². The van der Waals surface area contributed by atoms with E-state index in [4.69, 9.17) is 0 Å². The molecular weight excluding hydrogens is 346 g/mol. The summed E-state index contributed by atoms with van der Waals surface area (Å²) in [6.45, 7) is 0. The average Bonchev–Trinajstić information content (AvgIpc) is 2.84. The van der Waals surface area contributed by atoms with Gasteiger partial charge in [-0.1, -0.05) is 32.1 Å². The predicted octanol–water partition coefficient (Wildman–Crippen LogP) is 3.30. The van der Waals surface area contributed by atoms with Crippen molar-refractivity contribution in [3.63, 3.8) is 0 Å². The van der Waals surface area contributed by atoms with E-state index in [-0.39, 0.29) is 11.8 Å². The lowest BCUT2D eigenvalue weighted by molar-refractivity contribution is -0.122. The molecule has 0 aliphatic heterocycles. The van der Waals surface area contributed by atoms with Gasteiger partial charge in [0.2, 0.25) is 5.91 Å². The first-order valence-electron chi connectivity index (χ1n) is 7.97. The van der Waals surface area contributed by atoms with Crippen molar-refractivity contribution in [2.75, 3.05) is 0 Å². The SMILES string of the molecule is Cn1cc(Br)cc1C(=O)NNC(=O)CCCC1CCCCC1. The first kappa shape index (κ1) is 17.1. The second-order valence-corrected chi connectivity index (χ2v) is 6.97. The molecule has 1 aliphatic rings.